The van der Waals surface area contributed by atoms with E-state index in [0.717, 1.165) is 0 Å². The number of hydrogen-bond donors (Lipinski definition) is 1. The molecule has 0 fully saturated rings. The van der Waals surface area contributed by atoms with Crippen molar-refractivity contribution in [2.75, 3.05) is 0 Å². The highest BCUT2D eigenvalue weighted by atomic mass is 35.5. The number of hydrogen-bond acceptors (Lipinski definition) is 2. The molecule has 1 heterocycles. The molecule has 0 saturated heterocycles. The van der Waals surface area contributed by atoms with Gasteiger partial charge in [-0.05, 0) is 42.0 Å². The Bertz CT molecular complexity index is 1020. The van der Waals surface area contributed by atoms with Gasteiger partial charge in [-0.15, -0.1) is 0 Å². The van der Waals surface area contributed by atoms with Gasteiger partial charge >= 0.3 is 5.97 Å². The Morgan fingerprint density at radius 1 is 0.750 bits per heavy atom. The van der Waals surface area contributed by atoms with Gasteiger partial charge in [-0.3, -0.25) is 4.79 Å². The van der Waals surface area contributed by atoms with E-state index in [1.807, 2.05) is 0 Å². The number of carboxylic acid groups (broad SMARTS) is 1. The summed E-state index contributed by atoms with van der Waals surface area (Å²) in [7, 11) is 0. The van der Waals surface area contributed by atoms with Crippen LogP contribution < -0.4 is 0 Å². The lowest BCUT2D eigenvalue weighted by molar-refractivity contribution is -0.136. The van der Waals surface area contributed by atoms with Gasteiger partial charge in [0.2, 0.25) is 0 Å². The third-order valence-corrected chi connectivity index (χ3v) is 5.82. The van der Waals surface area contributed by atoms with E-state index in [1.165, 1.54) is 12.1 Å². The van der Waals surface area contributed by atoms with E-state index in [0.29, 0.717) is 38.1 Å². The predicted molar refractivity (Wildman–Crippen MR) is 117 cm³/mol. The second kappa shape index (κ2) is 8.66. The van der Waals surface area contributed by atoms with E-state index >= 15 is 0 Å². The van der Waals surface area contributed by atoms with Crippen molar-refractivity contribution in [2.24, 2.45) is 0 Å². The Labute approximate surface area is 190 Å². The summed E-state index contributed by atoms with van der Waals surface area (Å²) in [6.45, 7) is 0. The average Bonchev–Trinajstić information content (AvgIpc) is 2.60. The van der Waals surface area contributed by atoms with E-state index in [9.17, 15) is 9.90 Å². The lowest BCUT2D eigenvalue weighted by atomic mass is 10.0. The molecular weight excluding hydrogens is 487 g/mol. The van der Waals surface area contributed by atoms with Crippen LogP contribution in [0.1, 0.15) is 5.56 Å². The van der Waals surface area contributed by atoms with Crippen molar-refractivity contribution >= 4 is 75.6 Å². The molecule has 3 aromatic rings. The largest absolute Gasteiger partial charge is 0.481 e. The third-order valence-electron chi connectivity index (χ3n) is 3.78. The van der Waals surface area contributed by atoms with Crippen LogP contribution in [0.15, 0.2) is 36.4 Å². The van der Waals surface area contributed by atoms with Gasteiger partial charge in [-0.1, -0.05) is 69.6 Å². The first kappa shape index (κ1) is 21.5. The molecule has 1 aromatic heterocycles. The Kier molecular flexibility index (Phi) is 6.65. The topological polar surface area (TPSA) is 50.2 Å². The molecule has 0 unspecified atom stereocenters. The Morgan fingerprint density at radius 2 is 1.18 bits per heavy atom. The number of carbonyl (C=O) groups is 1. The molecule has 0 aliphatic heterocycles. The molecule has 0 aliphatic carbocycles. The summed E-state index contributed by atoms with van der Waals surface area (Å²) in [6, 6.07) is 9.41. The minimum absolute atomic E-state index is 0.236. The van der Waals surface area contributed by atoms with E-state index in [-0.39, 0.29) is 26.5 Å². The fourth-order valence-corrected chi connectivity index (χ4v) is 4.02. The van der Waals surface area contributed by atoms with Crippen LogP contribution >= 0.6 is 69.6 Å². The van der Waals surface area contributed by atoms with Crippen LogP contribution in [0.4, 0.5) is 0 Å². The molecule has 0 radical (unpaired) electrons. The minimum Gasteiger partial charge on any atom is -0.481 e. The van der Waals surface area contributed by atoms with Gasteiger partial charge in [-0.2, -0.15) is 0 Å². The monoisotopic (exact) mass is 493 g/mol. The molecule has 0 spiro atoms. The SMILES string of the molecule is O=C(O)Cc1cc(-c2cc(Cl)cc(Cl)c2Cl)nc(-c2cc(Cl)cc(Cl)c2Cl)c1. The lowest BCUT2D eigenvalue weighted by Crippen LogP contribution is -2.02. The summed E-state index contributed by atoms with van der Waals surface area (Å²) in [5, 5.41) is 10.9. The maximum Gasteiger partial charge on any atom is 0.307 e. The van der Waals surface area contributed by atoms with Crippen molar-refractivity contribution in [2.45, 2.75) is 6.42 Å². The highest BCUT2D eigenvalue weighted by Gasteiger charge is 2.17. The summed E-state index contributed by atoms with van der Waals surface area (Å²) >= 11 is 37.1. The number of halogens is 6. The summed E-state index contributed by atoms with van der Waals surface area (Å²) in [5.41, 5.74) is 2.16. The van der Waals surface area contributed by atoms with E-state index < -0.39 is 5.97 Å². The summed E-state index contributed by atoms with van der Waals surface area (Å²) in [4.78, 5) is 15.8. The number of pyridine rings is 1. The zero-order chi connectivity index (χ0) is 20.6. The second-order valence-corrected chi connectivity index (χ2v) is 8.26. The Balaban J connectivity index is 2.29. The number of rotatable bonds is 4. The fraction of sp³-hybridized carbons (Fsp3) is 0.0526. The summed E-state index contributed by atoms with van der Waals surface area (Å²) < 4.78 is 0. The van der Waals surface area contributed by atoms with Gasteiger partial charge in [0, 0.05) is 21.2 Å². The van der Waals surface area contributed by atoms with Crippen LogP contribution in [-0.4, -0.2) is 16.1 Å². The first-order valence-corrected chi connectivity index (χ1v) is 9.95. The first-order valence-electron chi connectivity index (χ1n) is 7.68. The van der Waals surface area contributed by atoms with Gasteiger partial charge in [0.25, 0.3) is 0 Å². The quantitative estimate of drug-likeness (QED) is 0.373. The Morgan fingerprint density at radius 3 is 1.57 bits per heavy atom. The molecular formula is C19H9Cl6NO2. The van der Waals surface area contributed by atoms with Crippen molar-refractivity contribution in [3.8, 4) is 22.5 Å². The molecule has 0 amide bonds. The van der Waals surface area contributed by atoms with Crippen molar-refractivity contribution in [1.29, 1.82) is 0 Å². The van der Waals surface area contributed by atoms with Crippen molar-refractivity contribution in [1.82, 2.24) is 4.98 Å². The molecule has 0 saturated carbocycles. The highest BCUT2D eigenvalue weighted by Crippen LogP contribution is 2.39. The third kappa shape index (κ3) is 4.68. The standard InChI is InChI=1S/C19H9Cl6NO2/c20-9-4-11(18(24)13(22)6-9)15-1-8(3-17(27)28)2-16(26-15)12-5-10(21)7-14(23)19(12)25/h1-2,4-7H,3H2,(H,27,28). The number of nitrogens with zero attached hydrogens (tertiary/aromatic N) is 1. The maximum atomic E-state index is 11.3. The van der Waals surface area contributed by atoms with Crippen molar-refractivity contribution in [3.63, 3.8) is 0 Å². The molecule has 0 atom stereocenters. The maximum absolute atomic E-state index is 11.3. The van der Waals surface area contributed by atoms with Crippen LogP contribution in [0.5, 0.6) is 0 Å². The molecule has 9 heteroatoms. The fourth-order valence-electron chi connectivity index (χ4n) is 2.62. The summed E-state index contributed by atoms with van der Waals surface area (Å²) in [6.07, 6.45) is -0.236. The molecule has 1 N–H and O–H groups in total. The molecule has 2 aromatic carbocycles. The molecule has 0 bridgehead atoms. The van der Waals surface area contributed by atoms with Gasteiger partial charge in [0.1, 0.15) is 0 Å². The van der Waals surface area contributed by atoms with Gasteiger partial charge in [0.15, 0.2) is 0 Å². The van der Waals surface area contributed by atoms with Crippen molar-refractivity contribution < 1.29 is 9.90 Å². The zero-order valence-corrected chi connectivity index (χ0v) is 18.3. The smallest absolute Gasteiger partial charge is 0.307 e. The average molecular weight is 496 g/mol. The van der Waals surface area contributed by atoms with E-state index in [4.69, 9.17) is 69.6 Å². The van der Waals surface area contributed by atoms with E-state index in [2.05, 4.69) is 4.98 Å². The van der Waals surface area contributed by atoms with Crippen LogP contribution in [0, 0.1) is 0 Å². The molecule has 0 aliphatic rings. The van der Waals surface area contributed by atoms with Crippen molar-refractivity contribution in [3.05, 3.63) is 72.1 Å². The first-order chi connectivity index (χ1) is 13.2. The highest BCUT2D eigenvalue weighted by molar-refractivity contribution is 6.45. The number of aromatic nitrogens is 1. The van der Waals surface area contributed by atoms with Gasteiger partial charge < -0.3 is 5.11 Å². The molecule has 144 valence electrons. The molecule has 3 nitrogen and oxygen atoms in total. The Hall–Kier alpha value is -1.20. The number of aliphatic carboxylic acids is 1. The van der Waals surface area contributed by atoms with Crippen LogP contribution in [-0.2, 0) is 11.2 Å². The van der Waals surface area contributed by atoms with Crippen LogP contribution in [0.3, 0.4) is 0 Å². The van der Waals surface area contributed by atoms with Gasteiger partial charge in [-0.25, -0.2) is 4.98 Å². The number of benzene rings is 2. The zero-order valence-electron chi connectivity index (χ0n) is 13.7. The van der Waals surface area contributed by atoms with Crippen LogP contribution in [0.2, 0.25) is 30.1 Å². The molecule has 3 rings (SSSR count). The van der Waals surface area contributed by atoms with E-state index in [1.54, 1.807) is 24.3 Å². The second-order valence-electron chi connectivity index (χ2n) is 5.81. The van der Waals surface area contributed by atoms with Crippen LogP contribution in [0.25, 0.3) is 22.5 Å². The molecule has 28 heavy (non-hydrogen) atoms. The number of carboxylic acids is 1. The lowest BCUT2D eigenvalue weighted by Gasteiger charge is -2.13. The normalized spacial score (nSPS) is 10.9. The minimum atomic E-state index is -1.01. The van der Waals surface area contributed by atoms with Gasteiger partial charge in [0.05, 0.1) is 37.9 Å². The predicted octanol–water partition coefficient (Wildman–Crippen LogP) is 7.96. The summed E-state index contributed by atoms with van der Waals surface area (Å²) in [5.74, 6) is -1.01.